The van der Waals surface area contributed by atoms with Gasteiger partial charge in [0, 0.05) is 24.4 Å². The fraction of sp³-hybridized carbons (Fsp3) is 0.444. The molecule has 0 saturated heterocycles. The van der Waals surface area contributed by atoms with Crippen LogP contribution in [0, 0.1) is 5.82 Å². The van der Waals surface area contributed by atoms with Crippen molar-refractivity contribution in [3.63, 3.8) is 0 Å². The molecule has 3 aromatic rings. The zero-order chi connectivity index (χ0) is 27.2. The number of fused-ring (bicyclic) bond motifs is 1. The molecule has 2 aliphatic carbocycles. The van der Waals surface area contributed by atoms with Crippen molar-refractivity contribution in [2.24, 2.45) is 0 Å². The molecule has 0 radical (unpaired) electrons. The number of benzene rings is 1. The summed E-state index contributed by atoms with van der Waals surface area (Å²) in [7, 11) is 1.12. The van der Waals surface area contributed by atoms with Crippen LogP contribution in [-0.2, 0) is 34.1 Å². The van der Waals surface area contributed by atoms with Gasteiger partial charge in [0.2, 0.25) is 11.8 Å². The summed E-state index contributed by atoms with van der Waals surface area (Å²) in [6.07, 6.45) is 5.20. The zero-order valence-corrected chi connectivity index (χ0v) is 22.8. The second kappa shape index (κ2) is 10.1. The summed E-state index contributed by atoms with van der Waals surface area (Å²) in [6, 6.07) is 6.48. The molecule has 1 atom stereocenters. The molecular formula is C27H32FN5O4S. The SMILES string of the molecule is COc1cc(-c2cc(F)c3c(c2CC(=O)NS(=O)(=O)c2cc(C(C)N(C)C)n(C4CC4)n2)CCC3)ccn1. The number of aromatic nitrogens is 3. The topological polar surface area (TPSA) is 106 Å². The number of ether oxygens (including phenoxy) is 1. The van der Waals surface area contributed by atoms with Crippen LogP contribution in [0.2, 0.25) is 0 Å². The molecule has 2 aliphatic rings. The second-order valence-corrected chi connectivity index (χ2v) is 11.8. The Morgan fingerprint density at radius 2 is 1.97 bits per heavy atom. The molecule has 2 heterocycles. The maximum absolute atomic E-state index is 15.0. The van der Waals surface area contributed by atoms with E-state index in [0.29, 0.717) is 41.0 Å². The number of carbonyl (C=O) groups excluding carboxylic acids is 1. The van der Waals surface area contributed by atoms with Crippen LogP contribution < -0.4 is 9.46 Å². The molecule has 0 bridgehead atoms. The smallest absolute Gasteiger partial charge is 0.283 e. The van der Waals surface area contributed by atoms with Crippen LogP contribution >= 0.6 is 0 Å². The summed E-state index contributed by atoms with van der Waals surface area (Å²) in [5.74, 6) is -0.667. The molecule has 5 rings (SSSR count). The second-order valence-electron chi connectivity index (χ2n) is 10.2. The van der Waals surface area contributed by atoms with E-state index in [2.05, 4.69) is 14.8 Å². The average Bonchev–Trinajstić information content (AvgIpc) is 3.41. The Hall–Kier alpha value is -3.31. The highest BCUT2D eigenvalue weighted by molar-refractivity contribution is 7.90. The summed E-state index contributed by atoms with van der Waals surface area (Å²) < 4.78 is 50.7. The van der Waals surface area contributed by atoms with Crippen molar-refractivity contribution in [2.45, 2.75) is 62.6 Å². The Bertz CT molecular complexity index is 1500. The van der Waals surface area contributed by atoms with Crippen molar-refractivity contribution in [1.82, 2.24) is 24.4 Å². The van der Waals surface area contributed by atoms with Gasteiger partial charge in [-0.25, -0.2) is 14.1 Å². The van der Waals surface area contributed by atoms with Crippen molar-refractivity contribution in [3.8, 4) is 17.0 Å². The van der Waals surface area contributed by atoms with Crippen molar-refractivity contribution in [1.29, 1.82) is 0 Å². The first-order valence-electron chi connectivity index (χ1n) is 12.7. The Kier molecular flexibility index (Phi) is 6.99. The predicted molar refractivity (Wildman–Crippen MR) is 140 cm³/mol. The normalized spacial score (nSPS) is 15.9. The van der Waals surface area contributed by atoms with Crippen molar-refractivity contribution < 1.29 is 22.3 Å². The number of methoxy groups -OCH3 is 1. The third-order valence-corrected chi connectivity index (χ3v) is 8.67. The van der Waals surface area contributed by atoms with Gasteiger partial charge in [-0.2, -0.15) is 13.5 Å². The number of halogens is 1. The molecule has 1 fully saturated rings. The van der Waals surface area contributed by atoms with E-state index in [1.807, 2.05) is 25.9 Å². The molecule has 2 aromatic heterocycles. The van der Waals surface area contributed by atoms with E-state index in [4.69, 9.17) is 4.74 Å². The molecule has 0 spiro atoms. The van der Waals surface area contributed by atoms with Crippen LogP contribution in [0.5, 0.6) is 5.88 Å². The molecular weight excluding hydrogens is 509 g/mol. The largest absolute Gasteiger partial charge is 0.481 e. The van der Waals surface area contributed by atoms with Crippen LogP contribution in [0.1, 0.15) is 60.7 Å². The summed E-state index contributed by atoms with van der Waals surface area (Å²) in [5.41, 5.74) is 3.92. The average molecular weight is 542 g/mol. The number of sulfonamides is 1. The van der Waals surface area contributed by atoms with Crippen molar-refractivity contribution >= 4 is 15.9 Å². The van der Waals surface area contributed by atoms with E-state index in [9.17, 15) is 13.2 Å². The van der Waals surface area contributed by atoms with Gasteiger partial charge in [0.15, 0.2) is 5.03 Å². The van der Waals surface area contributed by atoms with E-state index in [1.165, 1.54) is 13.2 Å². The summed E-state index contributed by atoms with van der Waals surface area (Å²) >= 11 is 0. The highest BCUT2D eigenvalue weighted by Gasteiger charge is 2.33. The Labute approximate surface area is 222 Å². The van der Waals surface area contributed by atoms with Crippen LogP contribution in [0.3, 0.4) is 0 Å². The minimum absolute atomic E-state index is 0.0514. The van der Waals surface area contributed by atoms with E-state index in [0.717, 1.165) is 30.5 Å². The summed E-state index contributed by atoms with van der Waals surface area (Å²) in [4.78, 5) is 19.3. The maximum Gasteiger partial charge on any atom is 0.283 e. The highest BCUT2D eigenvalue weighted by Crippen LogP contribution is 2.38. The molecule has 1 aromatic carbocycles. The van der Waals surface area contributed by atoms with E-state index in [1.54, 1.807) is 29.1 Å². The van der Waals surface area contributed by atoms with Crippen LogP contribution in [0.15, 0.2) is 35.5 Å². The van der Waals surface area contributed by atoms with Gasteiger partial charge in [0.05, 0.1) is 25.3 Å². The molecule has 1 unspecified atom stereocenters. The monoisotopic (exact) mass is 541 g/mol. The van der Waals surface area contributed by atoms with E-state index < -0.39 is 15.9 Å². The lowest BCUT2D eigenvalue weighted by Crippen LogP contribution is -2.32. The minimum Gasteiger partial charge on any atom is -0.481 e. The van der Waals surface area contributed by atoms with Crippen LogP contribution in [0.25, 0.3) is 11.1 Å². The number of nitrogens with one attached hydrogen (secondary N) is 1. The number of pyridine rings is 1. The number of hydrogen-bond donors (Lipinski definition) is 1. The minimum atomic E-state index is -4.21. The predicted octanol–water partition coefficient (Wildman–Crippen LogP) is 3.59. The molecule has 202 valence electrons. The molecule has 0 aliphatic heterocycles. The fourth-order valence-electron chi connectivity index (χ4n) is 5.06. The molecule has 1 saturated carbocycles. The fourth-order valence-corrected chi connectivity index (χ4v) is 6.00. The lowest BCUT2D eigenvalue weighted by molar-refractivity contribution is -0.118. The first-order chi connectivity index (χ1) is 18.1. The van der Waals surface area contributed by atoms with Gasteiger partial charge in [-0.3, -0.25) is 9.48 Å². The van der Waals surface area contributed by atoms with Crippen molar-refractivity contribution in [2.75, 3.05) is 21.2 Å². The Morgan fingerprint density at radius 1 is 1.24 bits per heavy atom. The number of hydrogen-bond acceptors (Lipinski definition) is 7. The number of rotatable bonds is 9. The molecule has 11 heteroatoms. The van der Waals surface area contributed by atoms with Gasteiger partial charge in [-0.05, 0) is 93.1 Å². The van der Waals surface area contributed by atoms with Gasteiger partial charge in [0.25, 0.3) is 10.0 Å². The van der Waals surface area contributed by atoms with Gasteiger partial charge < -0.3 is 9.64 Å². The zero-order valence-electron chi connectivity index (χ0n) is 22.0. The van der Waals surface area contributed by atoms with Gasteiger partial charge >= 0.3 is 0 Å². The molecule has 9 nitrogen and oxygen atoms in total. The van der Waals surface area contributed by atoms with Gasteiger partial charge in [-0.1, -0.05) is 0 Å². The molecule has 1 N–H and O–H groups in total. The number of nitrogens with zero attached hydrogens (tertiary/aromatic N) is 4. The highest BCUT2D eigenvalue weighted by atomic mass is 32.2. The summed E-state index contributed by atoms with van der Waals surface area (Å²) in [6.45, 7) is 1.98. The van der Waals surface area contributed by atoms with Gasteiger partial charge in [0.1, 0.15) is 5.82 Å². The Morgan fingerprint density at radius 3 is 2.66 bits per heavy atom. The lowest BCUT2D eigenvalue weighted by atomic mass is 9.91. The Balaban J connectivity index is 1.46. The summed E-state index contributed by atoms with van der Waals surface area (Å²) in [5, 5.41) is 4.20. The number of carbonyl (C=O) groups is 1. The third kappa shape index (κ3) is 5.04. The number of amides is 1. The first kappa shape index (κ1) is 26.3. The van der Waals surface area contributed by atoms with Gasteiger partial charge in [-0.15, -0.1) is 0 Å². The molecule has 38 heavy (non-hydrogen) atoms. The van der Waals surface area contributed by atoms with Crippen molar-refractivity contribution in [3.05, 3.63) is 58.7 Å². The third-order valence-electron chi connectivity index (χ3n) is 7.42. The van der Waals surface area contributed by atoms with E-state index >= 15 is 4.39 Å². The lowest BCUT2D eigenvalue weighted by Gasteiger charge is -2.20. The quantitative estimate of drug-likeness (QED) is 0.441. The molecule has 1 amide bonds. The maximum atomic E-state index is 15.0. The first-order valence-corrected chi connectivity index (χ1v) is 14.2. The van der Waals surface area contributed by atoms with E-state index in [-0.39, 0.29) is 29.3 Å². The van der Waals surface area contributed by atoms with Crippen LogP contribution in [0.4, 0.5) is 4.39 Å². The van der Waals surface area contributed by atoms with Crippen LogP contribution in [-0.4, -0.2) is 55.2 Å². The standard InChI is InChI=1S/C27H32FN5O4S/c1-16(32(2)3)24-15-27(30-33(24)18-8-9-18)38(35,36)31-25(34)14-22-19-6-5-7-20(19)23(28)13-21(22)17-10-11-29-26(12-17)37-4/h10-13,15-16,18H,5-9,14H2,1-4H3,(H,31,34).